The molecule has 3 N–H and O–H groups in total. The molecular weight excluding hydrogens is 362 g/mol. The minimum Gasteiger partial charge on any atom is -0.351 e. The number of halogens is 1. The summed E-state index contributed by atoms with van der Waals surface area (Å²) >= 11 is 0. The molecule has 1 heterocycles. The number of anilines is 1. The Morgan fingerprint density at radius 1 is 1.22 bits per heavy atom. The van der Waals surface area contributed by atoms with Crippen molar-refractivity contribution >= 4 is 29.9 Å². The Morgan fingerprint density at radius 2 is 2.00 bits per heavy atom. The van der Waals surface area contributed by atoms with Crippen LogP contribution < -0.4 is 16.0 Å². The highest BCUT2D eigenvalue weighted by Gasteiger charge is 2.37. The van der Waals surface area contributed by atoms with E-state index in [1.165, 1.54) is 25.7 Å². The molecule has 1 aliphatic heterocycles. The molecule has 3 unspecified atom stereocenters. The molecule has 1 aliphatic carbocycles. The Kier molecular flexibility index (Phi) is 8.11. The number of hydrogen-bond donors (Lipinski definition) is 3. The average molecular weight is 394 g/mol. The summed E-state index contributed by atoms with van der Waals surface area (Å²) in [5.74, 6) is 1.12. The maximum absolute atomic E-state index is 12.5. The molecule has 0 bridgehead atoms. The second-order valence-electron chi connectivity index (χ2n) is 8.17. The van der Waals surface area contributed by atoms with E-state index < -0.39 is 0 Å². The second kappa shape index (κ2) is 10.1. The van der Waals surface area contributed by atoms with Gasteiger partial charge in [0.15, 0.2) is 0 Å². The molecule has 1 aromatic rings. The van der Waals surface area contributed by atoms with Crippen molar-refractivity contribution in [2.75, 3.05) is 5.32 Å². The van der Waals surface area contributed by atoms with Crippen LogP contribution in [-0.2, 0) is 16.1 Å². The van der Waals surface area contributed by atoms with Gasteiger partial charge in [-0.2, -0.15) is 0 Å². The van der Waals surface area contributed by atoms with E-state index in [4.69, 9.17) is 0 Å². The number of amides is 2. The van der Waals surface area contributed by atoms with Crippen LogP contribution in [0.5, 0.6) is 0 Å². The fourth-order valence-corrected chi connectivity index (χ4v) is 4.18. The molecule has 1 saturated carbocycles. The van der Waals surface area contributed by atoms with Gasteiger partial charge in [0.25, 0.3) is 0 Å². The summed E-state index contributed by atoms with van der Waals surface area (Å²) in [4.78, 5) is 24.4. The molecule has 2 aliphatic rings. The van der Waals surface area contributed by atoms with Crippen LogP contribution >= 0.6 is 12.4 Å². The molecule has 5 nitrogen and oxygen atoms in total. The van der Waals surface area contributed by atoms with Crippen LogP contribution in [0, 0.1) is 11.8 Å². The summed E-state index contributed by atoms with van der Waals surface area (Å²) in [6.07, 6.45) is 6.49. The van der Waals surface area contributed by atoms with E-state index in [1.54, 1.807) is 0 Å². The molecular formula is C21H32ClN3O2. The highest BCUT2D eigenvalue weighted by atomic mass is 35.5. The smallest absolute Gasteiger partial charge is 0.237 e. The first-order chi connectivity index (χ1) is 12.5. The molecule has 2 fully saturated rings. The average Bonchev–Trinajstić information content (AvgIpc) is 3.03. The molecule has 0 radical (unpaired) electrons. The van der Waals surface area contributed by atoms with Gasteiger partial charge < -0.3 is 16.0 Å². The quantitative estimate of drug-likeness (QED) is 0.691. The number of rotatable bonds is 6. The summed E-state index contributed by atoms with van der Waals surface area (Å²) in [6, 6.07) is 8.17. The first kappa shape index (κ1) is 21.7. The second-order valence-corrected chi connectivity index (χ2v) is 8.17. The van der Waals surface area contributed by atoms with Crippen molar-refractivity contribution in [3.63, 3.8) is 0 Å². The Hall–Kier alpha value is -1.59. The maximum atomic E-state index is 12.5. The molecule has 3 rings (SSSR count). The predicted octanol–water partition coefficient (Wildman–Crippen LogP) is 3.63. The van der Waals surface area contributed by atoms with E-state index in [0.717, 1.165) is 17.7 Å². The molecule has 150 valence electrons. The first-order valence-electron chi connectivity index (χ1n) is 9.94. The van der Waals surface area contributed by atoms with Crippen LogP contribution in [0.1, 0.15) is 57.9 Å². The number of carbonyl (C=O) groups excluding carboxylic acids is 2. The van der Waals surface area contributed by atoms with E-state index >= 15 is 0 Å². The van der Waals surface area contributed by atoms with Gasteiger partial charge in [-0.25, -0.2) is 0 Å². The normalized spacial score (nSPS) is 24.0. The molecule has 3 atom stereocenters. The molecule has 1 aromatic carbocycles. The zero-order valence-electron chi connectivity index (χ0n) is 16.3. The van der Waals surface area contributed by atoms with E-state index in [-0.39, 0.29) is 30.3 Å². The highest BCUT2D eigenvalue weighted by molar-refractivity contribution is 5.90. The van der Waals surface area contributed by atoms with Crippen LogP contribution in [0.15, 0.2) is 24.3 Å². The number of benzene rings is 1. The van der Waals surface area contributed by atoms with Crippen molar-refractivity contribution in [2.45, 2.75) is 71.0 Å². The fraction of sp³-hybridized carbons (Fsp3) is 0.619. The van der Waals surface area contributed by atoms with Crippen LogP contribution in [0.3, 0.4) is 0 Å². The third kappa shape index (κ3) is 6.22. The van der Waals surface area contributed by atoms with Crippen molar-refractivity contribution in [1.82, 2.24) is 10.6 Å². The molecule has 1 saturated heterocycles. The van der Waals surface area contributed by atoms with Crippen LogP contribution in [0.2, 0.25) is 0 Å². The van der Waals surface area contributed by atoms with Gasteiger partial charge in [0.05, 0.1) is 6.04 Å². The van der Waals surface area contributed by atoms with Gasteiger partial charge in [0.2, 0.25) is 11.8 Å². The number of fused-ring (bicyclic) bond motifs is 1. The van der Waals surface area contributed by atoms with Crippen molar-refractivity contribution in [1.29, 1.82) is 0 Å². The first-order valence-corrected chi connectivity index (χ1v) is 9.94. The van der Waals surface area contributed by atoms with Crippen LogP contribution in [0.4, 0.5) is 5.69 Å². The van der Waals surface area contributed by atoms with Gasteiger partial charge in [0, 0.05) is 24.7 Å². The lowest BCUT2D eigenvalue weighted by atomic mass is 9.85. The summed E-state index contributed by atoms with van der Waals surface area (Å²) in [6.45, 7) is 4.54. The third-order valence-corrected chi connectivity index (χ3v) is 5.45. The van der Waals surface area contributed by atoms with E-state index in [0.29, 0.717) is 30.8 Å². The van der Waals surface area contributed by atoms with E-state index in [2.05, 4.69) is 16.0 Å². The highest BCUT2D eigenvalue weighted by Crippen LogP contribution is 2.33. The largest absolute Gasteiger partial charge is 0.351 e. The zero-order chi connectivity index (χ0) is 18.5. The summed E-state index contributed by atoms with van der Waals surface area (Å²) in [7, 11) is 0. The van der Waals surface area contributed by atoms with Gasteiger partial charge in [-0.3, -0.25) is 9.59 Å². The van der Waals surface area contributed by atoms with Crippen LogP contribution in [-0.4, -0.2) is 23.9 Å². The minimum absolute atomic E-state index is 0. The van der Waals surface area contributed by atoms with Gasteiger partial charge in [-0.05, 0) is 48.8 Å². The molecule has 27 heavy (non-hydrogen) atoms. The lowest BCUT2D eigenvalue weighted by Gasteiger charge is -2.24. The molecule has 0 spiro atoms. The Morgan fingerprint density at radius 3 is 2.74 bits per heavy atom. The standard InChI is InChI=1S/C21H31N3O2.ClH/c1-14(2)10-20(25)23-17-8-5-6-15(11-17)13-22-21(26)19-12-16-7-3-4-9-18(16)24-19;/h5-6,8,11,14,16,18-19,24H,3-4,7,9-10,12-13H2,1-2H3,(H,22,26)(H,23,25);1H. The van der Waals surface area contributed by atoms with Gasteiger partial charge >= 0.3 is 0 Å². The molecule has 6 heteroatoms. The monoisotopic (exact) mass is 393 g/mol. The van der Waals surface area contributed by atoms with Gasteiger partial charge in [-0.15, -0.1) is 12.4 Å². The fourth-order valence-electron chi connectivity index (χ4n) is 4.18. The topological polar surface area (TPSA) is 70.2 Å². The number of nitrogens with one attached hydrogen (secondary N) is 3. The summed E-state index contributed by atoms with van der Waals surface area (Å²) < 4.78 is 0. The van der Waals surface area contributed by atoms with Crippen molar-refractivity contribution in [2.24, 2.45) is 11.8 Å². The third-order valence-electron chi connectivity index (χ3n) is 5.45. The maximum Gasteiger partial charge on any atom is 0.237 e. The van der Waals surface area contributed by atoms with Crippen molar-refractivity contribution in [3.05, 3.63) is 29.8 Å². The van der Waals surface area contributed by atoms with E-state index in [9.17, 15) is 9.59 Å². The SMILES string of the molecule is CC(C)CC(=O)Nc1cccc(CNC(=O)C2CC3CCCCC3N2)c1.Cl. The van der Waals surface area contributed by atoms with Crippen LogP contribution in [0.25, 0.3) is 0 Å². The zero-order valence-corrected chi connectivity index (χ0v) is 17.1. The lowest BCUT2D eigenvalue weighted by molar-refractivity contribution is -0.123. The van der Waals surface area contributed by atoms with Crippen molar-refractivity contribution < 1.29 is 9.59 Å². The summed E-state index contributed by atoms with van der Waals surface area (Å²) in [5.41, 5.74) is 1.78. The van der Waals surface area contributed by atoms with Crippen molar-refractivity contribution in [3.8, 4) is 0 Å². The Labute approximate surface area is 168 Å². The predicted molar refractivity (Wildman–Crippen MR) is 111 cm³/mol. The Balaban J connectivity index is 0.00000261. The summed E-state index contributed by atoms with van der Waals surface area (Å²) in [5, 5.41) is 9.49. The van der Waals surface area contributed by atoms with Gasteiger partial charge in [-0.1, -0.05) is 38.8 Å². The van der Waals surface area contributed by atoms with E-state index in [1.807, 2.05) is 38.1 Å². The number of hydrogen-bond acceptors (Lipinski definition) is 3. The van der Waals surface area contributed by atoms with Gasteiger partial charge in [0.1, 0.15) is 0 Å². The lowest BCUT2D eigenvalue weighted by Crippen LogP contribution is -2.42. The molecule has 0 aromatic heterocycles. The Bertz CT molecular complexity index is 636. The number of carbonyl (C=O) groups is 2. The minimum atomic E-state index is -0.0583. The molecule has 2 amide bonds.